The van der Waals surface area contributed by atoms with E-state index in [0.717, 1.165) is 28.5 Å². The number of halogens is 3. The molecular weight excluding hydrogens is 419 g/mol. The molecule has 0 spiro atoms. The van der Waals surface area contributed by atoms with Gasteiger partial charge >= 0.3 is 12.0 Å². The van der Waals surface area contributed by atoms with Gasteiger partial charge in [-0.2, -0.15) is 18.2 Å². The second-order valence-electron chi connectivity index (χ2n) is 7.17. The predicted octanol–water partition coefficient (Wildman–Crippen LogP) is 6.32. The van der Waals surface area contributed by atoms with Crippen molar-refractivity contribution in [2.75, 3.05) is 0 Å². The van der Waals surface area contributed by atoms with Crippen LogP contribution in [0.5, 0.6) is 0 Å². The lowest BCUT2D eigenvalue weighted by atomic mass is 10.0. The van der Waals surface area contributed by atoms with Crippen LogP contribution >= 0.6 is 0 Å². The van der Waals surface area contributed by atoms with Crippen molar-refractivity contribution in [2.24, 2.45) is 5.16 Å². The van der Waals surface area contributed by atoms with Gasteiger partial charge in [-0.3, -0.25) is 4.40 Å². The Bertz CT molecular complexity index is 1420. The van der Waals surface area contributed by atoms with Crippen molar-refractivity contribution < 1.29 is 22.4 Å². The molecule has 0 N–H and O–H groups in total. The van der Waals surface area contributed by atoms with Crippen molar-refractivity contribution in [3.05, 3.63) is 96.0 Å². The first kappa shape index (κ1) is 19.9. The first-order valence-electron chi connectivity index (χ1n) is 9.75. The molecule has 0 aliphatic heterocycles. The number of oxazole rings is 1. The van der Waals surface area contributed by atoms with Gasteiger partial charge in [-0.05, 0) is 34.5 Å². The van der Waals surface area contributed by atoms with Crippen molar-refractivity contribution in [1.82, 2.24) is 9.38 Å². The van der Waals surface area contributed by atoms with Gasteiger partial charge in [0.2, 0.25) is 0 Å². The van der Waals surface area contributed by atoms with Gasteiger partial charge in [0.15, 0.2) is 0 Å². The van der Waals surface area contributed by atoms with Crippen molar-refractivity contribution in [3.8, 4) is 11.3 Å². The van der Waals surface area contributed by atoms with Gasteiger partial charge in [-0.25, -0.2) is 0 Å². The number of alkyl halides is 3. The molecule has 0 bridgehead atoms. The van der Waals surface area contributed by atoms with Crippen molar-refractivity contribution >= 4 is 22.8 Å². The molecule has 0 saturated heterocycles. The lowest BCUT2D eigenvalue weighted by Crippen LogP contribution is -2.04. The van der Waals surface area contributed by atoms with Crippen molar-refractivity contribution in [1.29, 1.82) is 0 Å². The average molecular weight is 435 g/mol. The fourth-order valence-electron chi connectivity index (χ4n) is 3.46. The van der Waals surface area contributed by atoms with E-state index < -0.39 is 11.7 Å². The maximum absolute atomic E-state index is 12.7. The van der Waals surface area contributed by atoms with Gasteiger partial charge in [0, 0.05) is 11.8 Å². The van der Waals surface area contributed by atoms with Crippen molar-refractivity contribution in [3.63, 3.8) is 0 Å². The summed E-state index contributed by atoms with van der Waals surface area (Å²) >= 11 is 0. The van der Waals surface area contributed by atoms with Crippen LogP contribution in [0.3, 0.4) is 0 Å². The first-order valence-corrected chi connectivity index (χ1v) is 9.75. The molecular formula is C24H16F3N3O2. The minimum Gasteiger partial charge on any atom is -0.432 e. The number of hydrogen-bond donors (Lipinski definition) is 0. The Labute approximate surface area is 180 Å². The lowest BCUT2D eigenvalue weighted by Gasteiger charge is -2.07. The van der Waals surface area contributed by atoms with E-state index in [1.165, 1.54) is 24.6 Å². The maximum atomic E-state index is 12.7. The molecule has 2 aromatic heterocycles. The highest BCUT2D eigenvalue weighted by Gasteiger charge is 2.29. The quantitative estimate of drug-likeness (QED) is 0.240. The number of hydrogen-bond acceptors (Lipinski definition) is 4. The summed E-state index contributed by atoms with van der Waals surface area (Å²) in [5.41, 5.74) is 2.11. The monoisotopic (exact) mass is 435 g/mol. The largest absolute Gasteiger partial charge is 0.432 e. The van der Waals surface area contributed by atoms with Crippen LogP contribution in [0, 0.1) is 0 Å². The SMILES string of the molecule is FC(F)(F)c1ccc(CO/N=C/c2c(-c3ccc4ccccc4c3)nc3occn23)cc1. The lowest BCUT2D eigenvalue weighted by molar-refractivity contribution is -0.137. The molecule has 5 aromatic rings. The molecule has 0 aliphatic rings. The van der Waals surface area contributed by atoms with E-state index >= 15 is 0 Å². The van der Waals surface area contributed by atoms with Crippen LogP contribution in [-0.2, 0) is 17.6 Å². The second kappa shape index (κ2) is 7.88. The molecule has 8 heteroatoms. The van der Waals surface area contributed by atoms with E-state index in [4.69, 9.17) is 9.25 Å². The van der Waals surface area contributed by atoms with Crippen LogP contribution in [-0.4, -0.2) is 15.6 Å². The van der Waals surface area contributed by atoms with E-state index in [0.29, 0.717) is 22.8 Å². The van der Waals surface area contributed by atoms with Gasteiger partial charge in [-0.1, -0.05) is 53.7 Å². The summed E-state index contributed by atoms with van der Waals surface area (Å²) in [5.74, 6) is 0.414. The Kier molecular flexibility index (Phi) is 4.89. The molecule has 32 heavy (non-hydrogen) atoms. The van der Waals surface area contributed by atoms with Crippen LogP contribution in [0.25, 0.3) is 27.9 Å². The molecule has 0 unspecified atom stereocenters. The summed E-state index contributed by atoms with van der Waals surface area (Å²) in [7, 11) is 0. The molecule has 2 heterocycles. The highest BCUT2D eigenvalue weighted by atomic mass is 19.4. The topological polar surface area (TPSA) is 52.0 Å². The second-order valence-corrected chi connectivity index (χ2v) is 7.17. The van der Waals surface area contributed by atoms with Crippen LogP contribution in [0.4, 0.5) is 13.2 Å². The third-order valence-corrected chi connectivity index (χ3v) is 5.08. The summed E-state index contributed by atoms with van der Waals surface area (Å²) in [6, 6.07) is 18.8. The zero-order valence-electron chi connectivity index (χ0n) is 16.6. The summed E-state index contributed by atoms with van der Waals surface area (Å²) in [5, 5.41) is 6.21. The van der Waals surface area contributed by atoms with Crippen LogP contribution in [0.15, 0.2) is 88.8 Å². The Hall–Kier alpha value is -4.07. The number of aromatic nitrogens is 2. The number of oxime groups is 1. The molecule has 0 aliphatic carbocycles. The number of nitrogens with zero attached hydrogens (tertiary/aromatic N) is 3. The predicted molar refractivity (Wildman–Crippen MR) is 114 cm³/mol. The number of rotatable bonds is 5. The van der Waals surface area contributed by atoms with Crippen LogP contribution in [0.2, 0.25) is 0 Å². The fourth-order valence-corrected chi connectivity index (χ4v) is 3.46. The number of benzene rings is 3. The summed E-state index contributed by atoms with van der Waals surface area (Å²) < 4.78 is 45.2. The molecule has 0 amide bonds. The fraction of sp³-hybridized carbons (Fsp3) is 0.0833. The Morgan fingerprint density at radius 1 is 1.00 bits per heavy atom. The third-order valence-electron chi connectivity index (χ3n) is 5.08. The maximum Gasteiger partial charge on any atom is 0.416 e. The molecule has 3 aromatic carbocycles. The standard InChI is InChI=1S/C24H16F3N3O2/c25-24(26,27)20-9-5-16(6-10-20)15-32-28-14-21-22(29-23-30(21)11-12-31-23)19-8-7-17-3-1-2-4-18(17)13-19/h1-14H,15H2/b28-14+. The van der Waals surface area contributed by atoms with E-state index in [9.17, 15) is 13.2 Å². The Balaban J connectivity index is 1.39. The highest BCUT2D eigenvalue weighted by molar-refractivity contribution is 5.92. The summed E-state index contributed by atoms with van der Waals surface area (Å²) in [4.78, 5) is 9.88. The first-order chi connectivity index (χ1) is 15.5. The summed E-state index contributed by atoms with van der Waals surface area (Å²) in [6.07, 6.45) is 0.399. The van der Waals surface area contributed by atoms with Gasteiger partial charge < -0.3 is 9.25 Å². The molecule has 0 atom stereocenters. The molecule has 0 fully saturated rings. The number of imidazole rings is 1. The normalized spacial score (nSPS) is 12.2. The van der Waals surface area contributed by atoms with Gasteiger partial charge in [0.1, 0.15) is 18.6 Å². The highest BCUT2D eigenvalue weighted by Crippen LogP contribution is 2.29. The average Bonchev–Trinajstić information content (AvgIpc) is 3.38. The van der Waals surface area contributed by atoms with Gasteiger partial charge in [-0.15, -0.1) is 0 Å². The van der Waals surface area contributed by atoms with Crippen LogP contribution < -0.4 is 0 Å². The van der Waals surface area contributed by atoms with E-state index in [1.807, 2.05) is 42.5 Å². The molecule has 0 radical (unpaired) electrons. The van der Waals surface area contributed by atoms with Gasteiger partial charge in [0.05, 0.1) is 17.5 Å². The van der Waals surface area contributed by atoms with Crippen molar-refractivity contribution in [2.45, 2.75) is 12.8 Å². The minimum atomic E-state index is -4.37. The summed E-state index contributed by atoms with van der Waals surface area (Å²) in [6.45, 7) is 0.0350. The minimum absolute atomic E-state index is 0.0350. The number of fused-ring (bicyclic) bond motifs is 2. The third kappa shape index (κ3) is 3.82. The zero-order valence-corrected chi connectivity index (χ0v) is 16.6. The zero-order chi connectivity index (χ0) is 22.1. The van der Waals surface area contributed by atoms with E-state index in [-0.39, 0.29) is 6.61 Å². The molecule has 5 rings (SSSR count). The smallest absolute Gasteiger partial charge is 0.416 e. The Morgan fingerprint density at radius 3 is 2.56 bits per heavy atom. The molecule has 5 nitrogen and oxygen atoms in total. The van der Waals surface area contributed by atoms with Gasteiger partial charge in [0.25, 0.3) is 0 Å². The van der Waals surface area contributed by atoms with E-state index in [1.54, 1.807) is 10.6 Å². The Morgan fingerprint density at radius 2 is 1.78 bits per heavy atom. The van der Waals surface area contributed by atoms with E-state index in [2.05, 4.69) is 10.1 Å². The molecule has 0 saturated carbocycles. The molecule has 160 valence electrons. The van der Waals surface area contributed by atoms with Crippen LogP contribution in [0.1, 0.15) is 16.8 Å².